The number of nitro groups is 1. The predicted octanol–water partition coefficient (Wildman–Crippen LogP) is 2.95. The monoisotopic (exact) mass is 349 g/mol. The molecule has 130 valence electrons. The molecule has 0 saturated carbocycles. The molecule has 0 atom stereocenters. The maximum atomic E-state index is 13.6. The number of carbonyl (C=O) groups excluding carboxylic acids is 1. The van der Waals surface area contributed by atoms with Crippen molar-refractivity contribution < 1.29 is 32.7 Å². The van der Waals surface area contributed by atoms with Gasteiger partial charge in [0, 0.05) is 17.2 Å². The Hall–Kier alpha value is -3.20. The molecular formula is C16H12FNO7. The third-order valence-electron chi connectivity index (χ3n) is 3.30. The van der Waals surface area contributed by atoms with Gasteiger partial charge in [-0.1, -0.05) is 0 Å². The van der Waals surface area contributed by atoms with Crippen molar-refractivity contribution in [3.63, 3.8) is 0 Å². The molecule has 0 unspecified atom stereocenters. The number of hydrogen-bond donors (Lipinski definition) is 0. The summed E-state index contributed by atoms with van der Waals surface area (Å²) in [5.74, 6) is -1.07. The lowest BCUT2D eigenvalue weighted by atomic mass is 10.1. The van der Waals surface area contributed by atoms with Crippen molar-refractivity contribution in [2.75, 3.05) is 6.79 Å². The quantitative estimate of drug-likeness (QED) is 0.354. The minimum atomic E-state index is -0.718. The Balaban J connectivity index is 1.63. The number of esters is 1. The minimum absolute atomic E-state index is 0.0384. The number of nitrogens with zero attached hydrogens (tertiary/aromatic N) is 1. The lowest BCUT2D eigenvalue weighted by Gasteiger charge is -2.20. The summed E-state index contributed by atoms with van der Waals surface area (Å²) in [5, 5.41) is 10.5. The summed E-state index contributed by atoms with van der Waals surface area (Å²) in [7, 11) is 0. The molecular weight excluding hydrogens is 337 g/mol. The second-order valence-corrected chi connectivity index (χ2v) is 5.04. The average molecular weight is 349 g/mol. The number of fused-ring (bicyclic) bond motifs is 1. The largest absolute Gasteiger partial charge is 0.467 e. The van der Waals surface area contributed by atoms with Gasteiger partial charge in [0.25, 0.3) is 0 Å². The Morgan fingerprint density at radius 1 is 1.40 bits per heavy atom. The van der Waals surface area contributed by atoms with E-state index in [2.05, 4.69) is 0 Å². The van der Waals surface area contributed by atoms with Crippen molar-refractivity contribution >= 4 is 17.9 Å². The van der Waals surface area contributed by atoms with Gasteiger partial charge >= 0.3 is 11.9 Å². The van der Waals surface area contributed by atoms with Crippen LogP contribution in [-0.4, -0.2) is 17.7 Å². The highest BCUT2D eigenvalue weighted by Gasteiger charge is 2.18. The summed E-state index contributed by atoms with van der Waals surface area (Å²) in [5.41, 5.74) is 0.921. The summed E-state index contributed by atoms with van der Waals surface area (Å²) in [6, 6.07) is 5.03. The van der Waals surface area contributed by atoms with Crippen molar-refractivity contribution in [1.82, 2.24) is 0 Å². The van der Waals surface area contributed by atoms with E-state index in [-0.39, 0.29) is 25.8 Å². The molecule has 1 aromatic carbocycles. The molecule has 9 heteroatoms. The van der Waals surface area contributed by atoms with Gasteiger partial charge in [-0.25, -0.2) is 9.18 Å². The van der Waals surface area contributed by atoms with E-state index in [1.54, 1.807) is 0 Å². The summed E-state index contributed by atoms with van der Waals surface area (Å²) >= 11 is 0. The summed E-state index contributed by atoms with van der Waals surface area (Å²) in [6.45, 7) is 0.0591. The molecule has 1 aromatic heterocycles. The van der Waals surface area contributed by atoms with Gasteiger partial charge in [0.2, 0.25) is 0 Å². The van der Waals surface area contributed by atoms with Crippen LogP contribution in [0.4, 0.5) is 10.3 Å². The van der Waals surface area contributed by atoms with E-state index in [4.69, 9.17) is 18.6 Å². The van der Waals surface area contributed by atoms with Crippen LogP contribution in [0.5, 0.6) is 5.75 Å². The summed E-state index contributed by atoms with van der Waals surface area (Å²) < 4.78 is 33.9. The smallest absolute Gasteiger partial charge is 0.433 e. The number of benzene rings is 1. The first-order valence-corrected chi connectivity index (χ1v) is 7.14. The first kappa shape index (κ1) is 16.7. The van der Waals surface area contributed by atoms with Gasteiger partial charge < -0.3 is 18.6 Å². The first-order chi connectivity index (χ1) is 12.0. The Kier molecular flexibility index (Phi) is 4.75. The third kappa shape index (κ3) is 4.01. The molecule has 0 aliphatic carbocycles. The predicted molar refractivity (Wildman–Crippen MR) is 80.9 cm³/mol. The third-order valence-corrected chi connectivity index (χ3v) is 3.30. The second kappa shape index (κ2) is 7.14. The van der Waals surface area contributed by atoms with Crippen LogP contribution >= 0.6 is 0 Å². The molecule has 25 heavy (non-hydrogen) atoms. The maximum absolute atomic E-state index is 13.6. The number of carbonyl (C=O) groups is 1. The zero-order valence-corrected chi connectivity index (χ0v) is 12.8. The van der Waals surface area contributed by atoms with Crippen LogP contribution in [0.15, 0.2) is 34.8 Å². The molecule has 0 radical (unpaired) electrons. The van der Waals surface area contributed by atoms with Crippen LogP contribution in [0.3, 0.4) is 0 Å². The normalized spacial score (nSPS) is 13.3. The van der Waals surface area contributed by atoms with E-state index < -0.39 is 22.6 Å². The molecule has 2 heterocycles. The molecule has 0 saturated heterocycles. The molecule has 0 bridgehead atoms. The Bertz CT molecular complexity index is 843. The van der Waals surface area contributed by atoms with Crippen molar-refractivity contribution in [1.29, 1.82) is 0 Å². The van der Waals surface area contributed by atoms with Crippen LogP contribution in [-0.2, 0) is 27.5 Å². The SMILES string of the molecule is O=C(/C=C/c1ccc([N+](=O)[O-])o1)OCc1cc(F)cc2c1OCOC2. The lowest BCUT2D eigenvalue weighted by Crippen LogP contribution is -2.14. The fourth-order valence-corrected chi connectivity index (χ4v) is 2.24. The number of hydrogen-bond acceptors (Lipinski definition) is 7. The highest BCUT2D eigenvalue weighted by atomic mass is 19.1. The Labute approximate surface area is 140 Å². The van der Waals surface area contributed by atoms with E-state index in [9.17, 15) is 19.3 Å². The molecule has 0 amide bonds. The fourth-order valence-electron chi connectivity index (χ4n) is 2.24. The summed E-state index contributed by atoms with van der Waals surface area (Å²) in [6.07, 6.45) is 2.29. The highest BCUT2D eigenvalue weighted by Crippen LogP contribution is 2.30. The highest BCUT2D eigenvalue weighted by molar-refractivity contribution is 5.86. The van der Waals surface area contributed by atoms with Gasteiger partial charge in [0.1, 0.15) is 28.9 Å². The van der Waals surface area contributed by atoms with E-state index in [0.29, 0.717) is 16.9 Å². The van der Waals surface area contributed by atoms with Gasteiger partial charge in [-0.15, -0.1) is 0 Å². The van der Waals surface area contributed by atoms with Crippen LogP contribution in [0.1, 0.15) is 16.9 Å². The van der Waals surface area contributed by atoms with Gasteiger partial charge in [-0.05, 0) is 24.3 Å². The zero-order valence-electron chi connectivity index (χ0n) is 12.8. The molecule has 8 nitrogen and oxygen atoms in total. The number of furan rings is 1. The van der Waals surface area contributed by atoms with Gasteiger partial charge in [-0.3, -0.25) is 10.1 Å². The maximum Gasteiger partial charge on any atom is 0.433 e. The van der Waals surface area contributed by atoms with E-state index in [1.807, 2.05) is 0 Å². The van der Waals surface area contributed by atoms with Crippen molar-refractivity contribution in [2.24, 2.45) is 0 Å². The molecule has 0 N–H and O–H groups in total. The molecule has 3 rings (SSSR count). The zero-order chi connectivity index (χ0) is 17.8. The van der Waals surface area contributed by atoms with Gasteiger partial charge in [-0.2, -0.15) is 0 Å². The van der Waals surface area contributed by atoms with Crippen molar-refractivity contribution in [3.8, 4) is 5.75 Å². The topological polar surface area (TPSA) is 101 Å². The van der Waals surface area contributed by atoms with E-state index in [0.717, 1.165) is 6.08 Å². The van der Waals surface area contributed by atoms with Crippen LogP contribution in [0.25, 0.3) is 6.08 Å². The Morgan fingerprint density at radius 2 is 2.24 bits per heavy atom. The molecule has 1 aliphatic rings. The van der Waals surface area contributed by atoms with E-state index in [1.165, 1.54) is 30.3 Å². The first-order valence-electron chi connectivity index (χ1n) is 7.14. The fraction of sp³-hybridized carbons (Fsp3) is 0.188. The van der Waals surface area contributed by atoms with Crippen LogP contribution < -0.4 is 4.74 Å². The average Bonchev–Trinajstić information content (AvgIpc) is 3.07. The van der Waals surface area contributed by atoms with Gasteiger partial charge in [0.05, 0.1) is 12.7 Å². The standard InChI is InChI=1S/C16H12FNO7/c17-12-5-10-7-22-9-24-16(10)11(6-12)8-23-15(19)4-2-13-1-3-14(25-13)18(20)21/h1-6H,7-9H2/b4-2+. The second-order valence-electron chi connectivity index (χ2n) is 5.04. The summed E-state index contributed by atoms with van der Waals surface area (Å²) in [4.78, 5) is 21.6. The number of ether oxygens (including phenoxy) is 3. The number of halogens is 1. The van der Waals surface area contributed by atoms with Crippen molar-refractivity contribution in [2.45, 2.75) is 13.2 Å². The van der Waals surface area contributed by atoms with Crippen LogP contribution in [0.2, 0.25) is 0 Å². The minimum Gasteiger partial charge on any atom is -0.467 e. The molecule has 0 fully saturated rings. The lowest BCUT2D eigenvalue weighted by molar-refractivity contribution is -0.402. The number of rotatable bonds is 5. The molecule has 1 aliphatic heterocycles. The van der Waals surface area contributed by atoms with E-state index >= 15 is 0 Å². The Morgan fingerprint density at radius 3 is 3.00 bits per heavy atom. The molecule has 0 spiro atoms. The van der Waals surface area contributed by atoms with Crippen molar-refractivity contribution in [3.05, 3.63) is 63.2 Å². The molecule has 2 aromatic rings. The van der Waals surface area contributed by atoms with Gasteiger partial charge in [0.15, 0.2) is 6.79 Å². The van der Waals surface area contributed by atoms with Crippen LogP contribution in [0, 0.1) is 15.9 Å².